The molecule has 1 fully saturated rings. The van der Waals surface area contributed by atoms with E-state index in [1.165, 1.54) is 0 Å². The molecule has 0 bridgehead atoms. The summed E-state index contributed by atoms with van der Waals surface area (Å²) < 4.78 is 15.9. The van der Waals surface area contributed by atoms with Gasteiger partial charge in [0.15, 0.2) is 11.5 Å². The number of nitrogens with one attached hydrogen (secondary N) is 2. The summed E-state index contributed by atoms with van der Waals surface area (Å²) in [6.07, 6.45) is 0.905. The molecule has 2 aliphatic heterocycles. The number of nitrogens with zero attached hydrogens (tertiary/aromatic N) is 1. The Labute approximate surface area is 152 Å². The van der Waals surface area contributed by atoms with Crippen LogP contribution < -0.4 is 20.1 Å². The van der Waals surface area contributed by atoms with E-state index in [0.29, 0.717) is 25.1 Å². The van der Waals surface area contributed by atoms with Gasteiger partial charge in [-0.2, -0.15) is 0 Å². The second-order valence-electron chi connectivity index (χ2n) is 6.27. The molecule has 2 heterocycles. The first-order valence-electron chi connectivity index (χ1n) is 8.93. The Morgan fingerprint density at radius 3 is 2.69 bits per heavy atom. The number of aryl methyl sites for hydroxylation is 1. The van der Waals surface area contributed by atoms with Gasteiger partial charge in [-0.1, -0.05) is 6.07 Å². The molecule has 0 unspecified atom stereocenters. The molecule has 1 aromatic carbocycles. The summed E-state index contributed by atoms with van der Waals surface area (Å²) in [6.45, 7) is 4.89. The Morgan fingerprint density at radius 1 is 1.04 bits per heavy atom. The predicted octanol–water partition coefficient (Wildman–Crippen LogP) is -0.0875. The Kier molecular flexibility index (Phi) is 6.68. The number of ether oxygens (including phenoxy) is 3. The first kappa shape index (κ1) is 18.5. The minimum atomic E-state index is -0.172. The number of rotatable bonds is 8. The smallest absolute Gasteiger partial charge is 0.239 e. The van der Waals surface area contributed by atoms with Gasteiger partial charge in [0.25, 0.3) is 0 Å². The Bertz CT molecular complexity index is 631. The summed E-state index contributed by atoms with van der Waals surface area (Å²) in [5.74, 6) is 1.12. The van der Waals surface area contributed by atoms with E-state index in [4.69, 9.17) is 14.2 Å². The molecular formula is C18H25N3O5. The minimum Gasteiger partial charge on any atom is -0.454 e. The van der Waals surface area contributed by atoms with Gasteiger partial charge in [0.2, 0.25) is 18.6 Å². The lowest BCUT2D eigenvalue weighted by molar-refractivity contribution is -0.126. The molecule has 1 saturated heterocycles. The van der Waals surface area contributed by atoms with Crippen molar-refractivity contribution in [1.82, 2.24) is 15.5 Å². The maximum Gasteiger partial charge on any atom is 0.239 e. The molecule has 1 aromatic rings. The van der Waals surface area contributed by atoms with Crippen LogP contribution in [0, 0.1) is 0 Å². The summed E-state index contributed by atoms with van der Waals surface area (Å²) in [4.78, 5) is 25.9. The third-order valence-electron chi connectivity index (χ3n) is 4.38. The molecule has 2 aliphatic rings. The highest BCUT2D eigenvalue weighted by Gasteiger charge is 2.14. The van der Waals surface area contributed by atoms with Crippen LogP contribution in [-0.2, 0) is 20.7 Å². The van der Waals surface area contributed by atoms with Crippen LogP contribution in [0.2, 0.25) is 0 Å². The van der Waals surface area contributed by atoms with Gasteiger partial charge in [0, 0.05) is 32.6 Å². The van der Waals surface area contributed by atoms with Gasteiger partial charge in [-0.05, 0) is 24.1 Å². The number of benzene rings is 1. The van der Waals surface area contributed by atoms with Crippen LogP contribution in [0.5, 0.6) is 11.5 Å². The fourth-order valence-electron chi connectivity index (χ4n) is 2.86. The summed E-state index contributed by atoms with van der Waals surface area (Å²) in [7, 11) is 0. The van der Waals surface area contributed by atoms with Crippen LogP contribution >= 0.6 is 0 Å². The lowest BCUT2D eigenvalue weighted by atomic mass is 10.1. The molecule has 0 atom stereocenters. The summed E-state index contributed by atoms with van der Waals surface area (Å²) in [5, 5.41) is 5.47. The van der Waals surface area contributed by atoms with E-state index >= 15 is 0 Å². The molecule has 0 aromatic heterocycles. The maximum atomic E-state index is 11.9. The van der Waals surface area contributed by atoms with Gasteiger partial charge in [-0.15, -0.1) is 0 Å². The predicted molar refractivity (Wildman–Crippen MR) is 94.2 cm³/mol. The molecule has 8 nitrogen and oxygen atoms in total. The number of carbonyl (C=O) groups excluding carboxylic acids is 2. The van der Waals surface area contributed by atoms with Crippen LogP contribution in [0.4, 0.5) is 0 Å². The molecule has 2 N–H and O–H groups in total. The van der Waals surface area contributed by atoms with E-state index < -0.39 is 0 Å². The number of amides is 2. The normalized spacial score (nSPS) is 16.3. The average Bonchev–Trinajstić information content (AvgIpc) is 3.13. The SMILES string of the molecule is O=C(CCc1ccc2c(c1)OCO2)NCC(=O)NCCN1CCOCC1. The Balaban J connectivity index is 1.28. The zero-order valence-corrected chi connectivity index (χ0v) is 14.8. The van der Waals surface area contributed by atoms with Crippen molar-refractivity contribution in [3.8, 4) is 11.5 Å². The fourth-order valence-corrected chi connectivity index (χ4v) is 2.86. The zero-order chi connectivity index (χ0) is 18.2. The van der Waals surface area contributed by atoms with Gasteiger partial charge >= 0.3 is 0 Å². The standard InChI is InChI=1S/C18H25N3O5/c22-17(4-2-14-1-3-15-16(11-14)26-13-25-15)20-12-18(23)19-5-6-21-7-9-24-10-8-21/h1,3,11H,2,4-10,12-13H2,(H,19,23)(H,20,22). The second-order valence-corrected chi connectivity index (χ2v) is 6.27. The summed E-state index contributed by atoms with van der Waals surface area (Å²) >= 11 is 0. The van der Waals surface area contributed by atoms with Crippen molar-refractivity contribution in [2.45, 2.75) is 12.8 Å². The van der Waals surface area contributed by atoms with Crippen molar-refractivity contribution >= 4 is 11.8 Å². The van der Waals surface area contributed by atoms with Crippen molar-refractivity contribution in [3.05, 3.63) is 23.8 Å². The minimum absolute atomic E-state index is 0.00306. The van der Waals surface area contributed by atoms with E-state index in [2.05, 4.69) is 15.5 Å². The molecule has 26 heavy (non-hydrogen) atoms. The van der Waals surface area contributed by atoms with Gasteiger partial charge in [0.05, 0.1) is 19.8 Å². The summed E-state index contributed by atoms with van der Waals surface area (Å²) in [6, 6.07) is 5.64. The number of fused-ring (bicyclic) bond motifs is 1. The molecule has 3 rings (SSSR count). The first-order chi connectivity index (χ1) is 12.7. The second kappa shape index (κ2) is 9.40. The van der Waals surface area contributed by atoms with Crippen molar-refractivity contribution in [1.29, 1.82) is 0 Å². The van der Waals surface area contributed by atoms with Crippen LogP contribution in [-0.4, -0.2) is 69.4 Å². The lowest BCUT2D eigenvalue weighted by Crippen LogP contribution is -2.43. The first-order valence-corrected chi connectivity index (χ1v) is 8.93. The zero-order valence-electron chi connectivity index (χ0n) is 14.8. The molecule has 0 aliphatic carbocycles. The molecule has 0 saturated carbocycles. The largest absolute Gasteiger partial charge is 0.454 e. The monoisotopic (exact) mass is 363 g/mol. The van der Waals surface area contributed by atoms with Crippen LogP contribution in [0.25, 0.3) is 0 Å². The van der Waals surface area contributed by atoms with E-state index in [-0.39, 0.29) is 25.2 Å². The maximum absolute atomic E-state index is 11.9. The van der Waals surface area contributed by atoms with Gasteiger partial charge in [0.1, 0.15) is 0 Å². The third-order valence-corrected chi connectivity index (χ3v) is 4.38. The van der Waals surface area contributed by atoms with Crippen LogP contribution in [0.1, 0.15) is 12.0 Å². The molecule has 0 spiro atoms. The molecule has 2 amide bonds. The summed E-state index contributed by atoms with van der Waals surface area (Å²) in [5.41, 5.74) is 0.999. The highest BCUT2D eigenvalue weighted by molar-refractivity contribution is 5.84. The van der Waals surface area contributed by atoms with Gasteiger partial charge < -0.3 is 24.8 Å². The molecule has 8 heteroatoms. The number of hydrogen-bond acceptors (Lipinski definition) is 6. The van der Waals surface area contributed by atoms with E-state index in [0.717, 1.165) is 44.2 Å². The Morgan fingerprint density at radius 2 is 1.85 bits per heavy atom. The van der Waals surface area contributed by atoms with Crippen LogP contribution in [0.3, 0.4) is 0 Å². The lowest BCUT2D eigenvalue weighted by Gasteiger charge is -2.26. The van der Waals surface area contributed by atoms with Crippen LogP contribution in [0.15, 0.2) is 18.2 Å². The van der Waals surface area contributed by atoms with Crippen molar-refractivity contribution in [3.63, 3.8) is 0 Å². The number of carbonyl (C=O) groups is 2. The number of hydrogen-bond donors (Lipinski definition) is 2. The van der Waals surface area contributed by atoms with Crippen molar-refractivity contribution < 1.29 is 23.8 Å². The highest BCUT2D eigenvalue weighted by Crippen LogP contribution is 2.32. The molecule has 142 valence electrons. The van der Waals surface area contributed by atoms with Crippen molar-refractivity contribution in [2.24, 2.45) is 0 Å². The van der Waals surface area contributed by atoms with E-state index in [9.17, 15) is 9.59 Å². The highest BCUT2D eigenvalue weighted by atomic mass is 16.7. The number of morpholine rings is 1. The fraction of sp³-hybridized carbons (Fsp3) is 0.556. The average molecular weight is 363 g/mol. The third kappa shape index (κ3) is 5.60. The molecular weight excluding hydrogens is 338 g/mol. The van der Waals surface area contributed by atoms with Gasteiger partial charge in [-0.3, -0.25) is 14.5 Å². The van der Waals surface area contributed by atoms with E-state index in [1.54, 1.807) is 0 Å². The quantitative estimate of drug-likeness (QED) is 0.671. The van der Waals surface area contributed by atoms with Crippen molar-refractivity contribution in [2.75, 3.05) is 52.7 Å². The van der Waals surface area contributed by atoms with Gasteiger partial charge in [-0.25, -0.2) is 0 Å². The molecule has 0 radical (unpaired) electrons. The Hall–Kier alpha value is -2.32. The topological polar surface area (TPSA) is 89.1 Å². The van der Waals surface area contributed by atoms with E-state index in [1.807, 2.05) is 18.2 Å².